The van der Waals surface area contributed by atoms with Gasteiger partial charge in [0.05, 0.1) is 5.69 Å². The number of amides is 1. The smallest absolute Gasteiger partial charge is 0.254 e. The van der Waals surface area contributed by atoms with Crippen LogP contribution in [-0.4, -0.2) is 26.2 Å². The van der Waals surface area contributed by atoms with Crippen molar-refractivity contribution < 1.29 is 9.90 Å². The summed E-state index contributed by atoms with van der Waals surface area (Å²) >= 11 is 0. The van der Waals surface area contributed by atoms with Crippen molar-refractivity contribution in [3.8, 4) is 16.9 Å². The van der Waals surface area contributed by atoms with E-state index < -0.39 is 5.91 Å². The highest BCUT2D eigenvalue weighted by Gasteiger charge is 2.18. The van der Waals surface area contributed by atoms with E-state index in [9.17, 15) is 9.90 Å². The predicted octanol–water partition coefficient (Wildman–Crippen LogP) is 4.10. The van der Waals surface area contributed by atoms with Gasteiger partial charge < -0.3 is 16.2 Å². The number of nitrogens with one attached hydrogen (secondary N) is 2. The molecule has 0 unspecified atom stereocenters. The second-order valence-corrected chi connectivity index (χ2v) is 7.84. The summed E-state index contributed by atoms with van der Waals surface area (Å²) in [6.07, 6.45) is 4.07. The topological polar surface area (TPSA) is 117 Å². The molecule has 2 aromatic heterocycles. The second-order valence-electron chi connectivity index (χ2n) is 7.84. The molecule has 0 spiro atoms. The molecule has 0 saturated carbocycles. The minimum atomic E-state index is -0.540. The number of hydrogen-bond donors (Lipinski definition) is 4. The third-order valence-electron chi connectivity index (χ3n) is 5.43. The van der Waals surface area contributed by atoms with Gasteiger partial charge in [-0.2, -0.15) is 5.10 Å². The Morgan fingerprint density at radius 3 is 2.41 bits per heavy atom. The summed E-state index contributed by atoms with van der Waals surface area (Å²) in [4.78, 5) is 16.3. The van der Waals surface area contributed by atoms with E-state index >= 15 is 0 Å². The Labute approximate surface area is 186 Å². The highest BCUT2D eigenvalue weighted by molar-refractivity contribution is 5.99. The van der Waals surface area contributed by atoms with Crippen LogP contribution in [0, 0.1) is 13.8 Å². The van der Waals surface area contributed by atoms with Crippen molar-refractivity contribution in [2.45, 2.75) is 26.8 Å². The van der Waals surface area contributed by atoms with Crippen LogP contribution in [0.3, 0.4) is 0 Å². The number of nitrogens with two attached hydrogens (primary N) is 1. The Balaban J connectivity index is 1.51. The molecule has 32 heavy (non-hydrogen) atoms. The quantitative estimate of drug-likeness (QED) is 0.354. The Morgan fingerprint density at radius 2 is 1.78 bits per heavy atom. The van der Waals surface area contributed by atoms with Crippen LogP contribution >= 0.6 is 0 Å². The van der Waals surface area contributed by atoms with Gasteiger partial charge in [-0.05, 0) is 53.3 Å². The molecule has 0 aliphatic carbocycles. The lowest BCUT2D eigenvalue weighted by Gasteiger charge is -2.10. The van der Waals surface area contributed by atoms with Crippen molar-refractivity contribution >= 4 is 11.7 Å². The van der Waals surface area contributed by atoms with E-state index in [1.807, 2.05) is 68.6 Å². The molecule has 2 aromatic carbocycles. The van der Waals surface area contributed by atoms with Gasteiger partial charge in [0, 0.05) is 25.4 Å². The molecule has 0 aliphatic heterocycles. The van der Waals surface area contributed by atoms with E-state index in [0.29, 0.717) is 35.8 Å². The number of primary amides is 1. The van der Waals surface area contributed by atoms with E-state index in [2.05, 4.69) is 20.5 Å². The zero-order valence-corrected chi connectivity index (χ0v) is 18.0. The average Bonchev–Trinajstić information content (AvgIpc) is 3.19. The number of aromatic amines is 1. The van der Waals surface area contributed by atoms with E-state index in [1.165, 1.54) is 0 Å². The zero-order chi connectivity index (χ0) is 22.7. The lowest BCUT2D eigenvalue weighted by molar-refractivity contribution is 0.100. The number of anilines is 1. The van der Waals surface area contributed by atoms with Crippen LogP contribution in [0.4, 0.5) is 5.82 Å². The zero-order valence-electron chi connectivity index (χ0n) is 18.0. The number of carbonyl (C=O) groups excluding carboxylic acids is 1. The summed E-state index contributed by atoms with van der Waals surface area (Å²) in [6, 6.07) is 15.8. The van der Waals surface area contributed by atoms with Crippen molar-refractivity contribution in [2.75, 3.05) is 5.32 Å². The first-order valence-corrected chi connectivity index (χ1v) is 10.3. The Hall–Kier alpha value is -4.13. The van der Waals surface area contributed by atoms with Crippen LogP contribution in [0.5, 0.6) is 5.75 Å². The first-order valence-electron chi connectivity index (χ1n) is 10.3. The fraction of sp³-hybridized carbons (Fsp3) is 0.160. The van der Waals surface area contributed by atoms with Crippen LogP contribution in [0.2, 0.25) is 0 Å². The number of aromatic hydroxyl groups is 1. The molecule has 0 aliphatic rings. The number of phenolic OH excluding ortho intramolecular Hbond substituents is 1. The number of carbonyl (C=O) groups is 1. The maximum Gasteiger partial charge on any atom is 0.254 e. The molecular formula is C25H25N5O2. The second kappa shape index (κ2) is 8.93. The minimum absolute atomic E-state index is 0.295. The van der Waals surface area contributed by atoms with Gasteiger partial charge in [-0.25, -0.2) is 0 Å². The monoisotopic (exact) mass is 427 g/mol. The molecule has 7 nitrogen and oxygen atoms in total. The molecule has 2 heterocycles. The van der Waals surface area contributed by atoms with Crippen LogP contribution < -0.4 is 11.1 Å². The van der Waals surface area contributed by atoms with E-state index in [1.54, 1.807) is 6.20 Å². The van der Waals surface area contributed by atoms with Gasteiger partial charge in [0.2, 0.25) is 0 Å². The van der Waals surface area contributed by atoms with Crippen LogP contribution in [0.25, 0.3) is 11.1 Å². The number of aryl methyl sites for hydroxylation is 2. The maximum atomic E-state index is 12.2. The summed E-state index contributed by atoms with van der Waals surface area (Å²) in [5, 5.41) is 20.4. The molecule has 0 bridgehead atoms. The van der Waals surface area contributed by atoms with Crippen molar-refractivity contribution in [1.29, 1.82) is 0 Å². The fourth-order valence-electron chi connectivity index (χ4n) is 3.79. The van der Waals surface area contributed by atoms with Crippen LogP contribution in [0.1, 0.15) is 38.3 Å². The summed E-state index contributed by atoms with van der Waals surface area (Å²) in [5.41, 5.74) is 12.4. The number of aromatic nitrogens is 3. The maximum absolute atomic E-state index is 12.2. The third-order valence-corrected chi connectivity index (χ3v) is 5.43. The molecule has 0 radical (unpaired) electrons. The molecule has 5 N–H and O–H groups in total. The molecule has 0 fully saturated rings. The minimum Gasteiger partial charge on any atom is -0.507 e. The Bertz CT molecular complexity index is 1220. The van der Waals surface area contributed by atoms with Gasteiger partial charge in [0.25, 0.3) is 5.91 Å². The number of nitrogens with zero attached hydrogens (tertiary/aromatic N) is 2. The van der Waals surface area contributed by atoms with E-state index in [-0.39, 0.29) is 0 Å². The molecule has 4 rings (SSSR count). The first kappa shape index (κ1) is 21.1. The molecule has 0 atom stereocenters. The van der Waals surface area contributed by atoms with Gasteiger partial charge in [0.15, 0.2) is 5.82 Å². The van der Waals surface area contributed by atoms with Crippen molar-refractivity contribution in [3.05, 3.63) is 94.4 Å². The molecular weight excluding hydrogens is 402 g/mol. The lowest BCUT2D eigenvalue weighted by atomic mass is 10.0. The number of hydrogen-bond acceptors (Lipinski definition) is 5. The van der Waals surface area contributed by atoms with Crippen molar-refractivity contribution in [2.24, 2.45) is 5.73 Å². The van der Waals surface area contributed by atoms with Gasteiger partial charge in [-0.3, -0.25) is 14.9 Å². The third kappa shape index (κ3) is 4.46. The molecule has 1 amide bonds. The summed E-state index contributed by atoms with van der Waals surface area (Å²) in [6.45, 7) is 4.16. The molecule has 4 aromatic rings. The first-order chi connectivity index (χ1) is 15.4. The van der Waals surface area contributed by atoms with Crippen LogP contribution in [0.15, 0.2) is 60.9 Å². The fourth-order valence-corrected chi connectivity index (χ4v) is 3.79. The van der Waals surface area contributed by atoms with Crippen molar-refractivity contribution in [3.63, 3.8) is 0 Å². The van der Waals surface area contributed by atoms with Crippen molar-refractivity contribution in [1.82, 2.24) is 15.2 Å². The van der Waals surface area contributed by atoms with Gasteiger partial charge in [-0.15, -0.1) is 0 Å². The van der Waals surface area contributed by atoms with Gasteiger partial charge >= 0.3 is 0 Å². The largest absolute Gasteiger partial charge is 0.507 e. The molecule has 7 heteroatoms. The SMILES string of the molecule is Cc1cc(CNc2n[nH]c(Cc3ccc(-c4cccnc4)cc3)c2C(N)=O)cc(C)c1O. The Morgan fingerprint density at radius 1 is 1.06 bits per heavy atom. The highest BCUT2D eigenvalue weighted by Crippen LogP contribution is 2.25. The summed E-state index contributed by atoms with van der Waals surface area (Å²) in [7, 11) is 0. The summed E-state index contributed by atoms with van der Waals surface area (Å²) < 4.78 is 0. The number of pyridine rings is 1. The Kier molecular flexibility index (Phi) is 5.89. The molecule has 162 valence electrons. The number of H-pyrrole nitrogens is 1. The standard InChI is InChI=1S/C25H25N5O2/c1-15-10-18(11-16(2)23(15)31)13-28-25-22(24(26)32)21(29-30-25)12-17-5-7-19(8-6-17)20-4-3-9-27-14-20/h3-11,14,31H,12-13H2,1-2H3,(H2,26,32)(H2,28,29,30). The van der Waals surface area contributed by atoms with Crippen LogP contribution in [-0.2, 0) is 13.0 Å². The normalized spacial score (nSPS) is 10.8. The predicted molar refractivity (Wildman–Crippen MR) is 124 cm³/mol. The lowest BCUT2D eigenvalue weighted by Crippen LogP contribution is -2.15. The number of benzene rings is 2. The van der Waals surface area contributed by atoms with Gasteiger partial charge in [0.1, 0.15) is 11.3 Å². The van der Waals surface area contributed by atoms with E-state index in [0.717, 1.165) is 33.4 Å². The number of phenols is 1. The summed E-state index contributed by atoms with van der Waals surface area (Å²) in [5.74, 6) is 0.173. The highest BCUT2D eigenvalue weighted by atomic mass is 16.3. The average molecular weight is 428 g/mol. The molecule has 0 saturated heterocycles. The number of rotatable bonds is 7. The van der Waals surface area contributed by atoms with Gasteiger partial charge in [-0.1, -0.05) is 42.5 Å². The van der Waals surface area contributed by atoms with E-state index in [4.69, 9.17) is 5.73 Å².